The molecule has 0 heterocycles. The summed E-state index contributed by atoms with van der Waals surface area (Å²) in [5.74, 6) is 4.88. The van der Waals surface area contributed by atoms with E-state index in [1.165, 1.54) is 44.9 Å². The van der Waals surface area contributed by atoms with Crippen LogP contribution in [0.15, 0.2) is 0 Å². The molecule has 0 radical (unpaired) electrons. The Kier molecular flexibility index (Phi) is 3.75. The lowest BCUT2D eigenvalue weighted by atomic mass is 9.60. The van der Waals surface area contributed by atoms with Gasteiger partial charge in [-0.3, -0.25) is 0 Å². The molecule has 0 aromatic rings. The van der Waals surface area contributed by atoms with Crippen molar-refractivity contribution in [2.24, 2.45) is 40.4 Å². The maximum absolute atomic E-state index is 2.65. The Labute approximate surface area is 127 Å². The Morgan fingerprint density at radius 3 is 2.40 bits per heavy atom. The maximum Gasteiger partial charge on any atom is -0.0220 e. The van der Waals surface area contributed by atoms with Crippen LogP contribution in [0.4, 0.5) is 0 Å². The fourth-order valence-corrected chi connectivity index (χ4v) is 7.05. The number of hydrogen-bond donors (Lipinski definition) is 0. The lowest BCUT2D eigenvalue weighted by molar-refractivity contribution is 0.0485. The van der Waals surface area contributed by atoms with Crippen molar-refractivity contribution in [2.45, 2.75) is 86.0 Å². The normalized spacial score (nSPS) is 52.5. The third-order valence-corrected chi connectivity index (χ3v) is 8.36. The molecule has 3 aliphatic carbocycles. The molecule has 0 aliphatic heterocycles. The summed E-state index contributed by atoms with van der Waals surface area (Å²) in [5.41, 5.74) is 1.35. The first-order valence-corrected chi connectivity index (χ1v) is 9.40. The van der Waals surface area contributed by atoms with Crippen LogP contribution in [-0.2, 0) is 0 Å². The van der Waals surface area contributed by atoms with Crippen molar-refractivity contribution in [2.75, 3.05) is 0 Å². The summed E-state index contributed by atoms with van der Waals surface area (Å²) in [4.78, 5) is 0. The standard InChI is InChI=1S/C20H36/c1-14(2)20-12-11-19(5)10-6-7-15(3)18(19)13-17(20)9-8-16(20)4/h14-18H,6-13H2,1-5H3/t15-,16-,17+,18-,19+,20-/m1/s1. The molecule has 3 aliphatic rings. The van der Waals surface area contributed by atoms with E-state index in [1.807, 2.05) is 0 Å². The van der Waals surface area contributed by atoms with E-state index in [-0.39, 0.29) is 0 Å². The molecule has 0 aromatic carbocycles. The van der Waals surface area contributed by atoms with E-state index in [0.29, 0.717) is 10.8 Å². The van der Waals surface area contributed by atoms with Crippen molar-refractivity contribution in [1.29, 1.82) is 0 Å². The maximum atomic E-state index is 2.65. The molecule has 0 N–H and O–H groups in total. The molecular formula is C20H36. The van der Waals surface area contributed by atoms with Gasteiger partial charge in [0.15, 0.2) is 0 Å². The van der Waals surface area contributed by atoms with Gasteiger partial charge in [-0.2, -0.15) is 0 Å². The van der Waals surface area contributed by atoms with Crippen LogP contribution in [0.5, 0.6) is 0 Å². The third-order valence-electron chi connectivity index (χ3n) is 8.36. The molecule has 0 bridgehead atoms. The van der Waals surface area contributed by atoms with E-state index in [9.17, 15) is 0 Å². The van der Waals surface area contributed by atoms with Crippen molar-refractivity contribution < 1.29 is 0 Å². The van der Waals surface area contributed by atoms with E-state index in [1.54, 1.807) is 6.42 Å². The van der Waals surface area contributed by atoms with Crippen LogP contribution in [0.2, 0.25) is 0 Å². The molecule has 0 heteroatoms. The molecule has 0 unspecified atom stereocenters. The van der Waals surface area contributed by atoms with Crippen LogP contribution in [0.25, 0.3) is 0 Å². The molecule has 3 fully saturated rings. The smallest absolute Gasteiger partial charge is 0.0220 e. The van der Waals surface area contributed by atoms with E-state index >= 15 is 0 Å². The summed E-state index contributed by atoms with van der Waals surface area (Å²) < 4.78 is 0. The lowest BCUT2D eigenvalue weighted by Crippen LogP contribution is -2.36. The summed E-state index contributed by atoms with van der Waals surface area (Å²) in [6.45, 7) is 12.8. The highest BCUT2D eigenvalue weighted by Crippen LogP contribution is 2.64. The van der Waals surface area contributed by atoms with E-state index in [4.69, 9.17) is 0 Å². The molecule has 0 nitrogen and oxygen atoms in total. The van der Waals surface area contributed by atoms with Gasteiger partial charge < -0.3 is 0 Å². The molecule has 0 saturated heterocycles. The van der Waals surface area contributed by atoms with Gasteiger partial charge in [0, 0.05) is 0 Å². The molecule has 20 heavy (non-hydrogen) atoms. The molecule has 116 valence electrons. The molecule has 3 saturated carbocycles. The first-order valence-electron chi connectivity index (χ1n) is 9.40. The third kappa shape index (κ3) is 2.00. The van der Waals surface area contributed by atoms with Crippen molar-refractivity contribution in [3.63, 3.8) is 0 Å². The van der Waals surface area contributed by atoms with E-state index in [2.05, 4.69) is 34.6 Å². The van der Waals surface area contributed by atoms with Crippen LogP contribution in [0.3, 0.4) is 0 Å². The van der Waals surface area contributed by atoms with Gasteiger partial charge in [0.05, 0.1) is 0 Å². The molecular weight excluding hydrogens is 240 g/mol. The minimum atomic E-state index is 0.670. The Morgan fingerprint density at radius 2 is 1.70 bits per heavy atom. The zero-order valence-corrected chi connectivity index (χ0v) is 14.5. The van der Waals surface area contributed by atoms with E-state index in [0.717, 1.165) is 29.6 Å². The highest BCUT2D eigenvalue weighted by Gasteiger charge is 2.55. The van der Waals surface area contributed by atoms with Gasteiger partial charge in [-0.05, 0) is 78.9 Å². The molecule has 0 spiro atoms. The largest absolute Gasteiger partial charge is 0.0622 e. The summed E-state index contributed by atoms with van der Waals surface area (Å²) in [6.07, 6.45) is 12.1. The second kappa shape index (κ2) is 5.03. The van der Waals surface area contributed by atoms with Gasteiger partial charge in [-0.15, -0.1) is 0 Å². The average molecular weight is 277 g/mol. The zero-order valence-electron chi connectivity index (χ0n) is 14.5. The lowest BCUT2D eigenvalue weighted by Gasteiger charge is -2.45. The Morgan fingerprint density at radius 1 is 0.950 bits per heavy atom. The minimum absolute atomic E-state index is 0.670. The Hall–Kier alpha value is 0. The van der Waals surface area contributed by atoms with Gasteiger partial charge in [-0.1, -0.05) is 47.5 Å². The number of rotatable bonds is 1. The van der Waals surface area contributed by atoms with Crippen LogP contribution in [0.1, 0.15) is 86.0 Å². The summed E-state index contributed by atoms with van der Waals surface area (Å²) in [6, 6.07) is 0. The van der Waals surface area contributed by atoms with Gasteiger partial charge in [0.25, 0.3) is 0 Å². The SMILES string of the molecule is CC(C)[C@@]12CC[C@]3(C)CCC[C@@H](C)[C@H]3C[C@@H]1CC[C@H]2C. The van der Waals surface area contributed by atoms with Crippen LogP contribution >= 0.6 is 0 Å². The average Bonchev–Trinajstić information content (AvgIpc) is 2.61. The molecule has 3 rings (SSSR count). The van der Waals surface area contributed by atoms with Gasteiger partial charge in [0.2, 0.25) is 0 Å². The highest BCUT2D eigenvalue weighted by atomic mass is 14.6. The predicted molar refractivity (Wildman–Crippen MR) is 87.6 cm³/mol. The Bertz CT molecular complexity index is 357. The van der Waals surface area contributed by atoms with Gasteiger partial charge >= 0.3 is 0 Å². The summed E-state index contributed by atoms with van der Waals surface area (Å²) in [5, 5.41) is 0. The van der Waals surface area contributed by atoms with Gasteiger partial charge in [0.1, 0.15) is 0 Å². The van der Waals surface area contributed by atoms with Crippen molar-refractivity contribution in [1.82, 2.24) is 0 Å². The summed E-state index contributed by atoms with van der Waals surface area (Å²) >= 11 is 0. The van der Waals surface area contributed by atoms with Gasteiger partial charge in [-0.25, -0.2) is 0 Å². The van der Waals surface area contributed by atoms with Crippen LogP contribution in [-0.4, -0.2) is 0 Å². The number of fused-ring (bicyclic) bond motifs is 2. The van der Waals surface area contributed by atoms with Crippen LogP contribution in [0, 0.1) is 40.4 Å². The predicted octanol–water partition coefficient (Wildman–Crippen LogP) is 6.30. The second-order valence-corrected chi connectivity index (χ2v) is 9.31. The van der Waals surface area contributed by atoms with Crippen molar-refractivity contribution in [3.05, 3.63) is 0 Å². The van der Waals surface area contributed by atoms with E-state index < -0.39 is 0 Å². The topological polar surface area (TPSA) is 0 Å². The fourth-order valence-electron chi connectivity index (χ4n) is 7.05. The fraction of sp³-hybridized carbons (Fsp3) is 1.00. The van der Waals surface area contributed by atoms with Crippen molar-refractivity contribution >= 4 is 0 Å². The Balaban J connectivity index is 1.94. The first-order chi connectivity index (χ1) is 9.40. The monoisotopic (exact) mass is 276 g/mol. The second-order valence-electron chi connectivity index (χ2n) is 9.31. The molecule has 0 aromatic heterocycles. The van der Waals surface area contributed by atoms with Crippen molar-refractivity contribution in [3.8, 4) is 0 Å². The van der Waals surface area contributed by atoms with Crippen LogP contribution < -0.4 is 0 Å². The number of hydrogen-bond acceptors (Lipinski definition) is 0. The summed E-state index contributed by atoms with van der Waals surface area (Å²) in [7, 11) is 0. The quantitative estimate of drug-likeness (QED) is 0.527. The highest BCUT2D eigenvalue weighted by molar-refractivity contribution is 5.05. The molecule has 0 amide bonds. The zero-order chi connectivity index (χ0) is 14.5. The molecule has 6 atom stereocenters. The minimum Gasteiger partial charge on any atom is -0.0622 e. The first kappa shape index (κ1) is 14.9.